The van der Waals surface area contributed by atoms with E-state index in [0.717, 1.165) is 20.4 Å². The topological polar surface area (TPSA) is 43.9 Å². The van der Waals surface area contributed by atoms with E-state index in [-0.39, 0.29) is 31.0 Å². The van der Waals surface area contributed by atoms with E-state index in [9.17, 15) is 14.0 Å². The summed E-state index contributed by atoms with van der Waals surface area (Å²) in [5.74, 6) is -1.11. The third-order valence-corrected chi connectivity index (χ3v) is 7.55. The number of amides is 2. The summed E-state index contributed by atoms with van der Waals surface area (Å²) in [6, 6.07) is 20.0. The normalized spacial score (nSPS) is 14.3. The molecule has 0 spiro atoms. The van der Waals surface area contributed by atoms with Gasteiger partial charge in [0.2, 0.25) is 0 Å². The SMILES string of the molecule is CN1C(=O)C(=Cc2ccc(N(c3ccccc3)c3ccc(F)cc3)[se]2)C(=O)N(C)C1=S. The van der Waals surface area contributed by atoms with Crippen molar-refractivity contribution in [2.75, 3.05) is 19.0 Å². The second-order valence-electron chi connectivity index (χ2n) is 6.89. The first-order valence-corrected chi connectivity index (χ1v) is 11.5. The van der Waals surface area contributed by atoms with Crippen molar-refractivity contribution >= 4 is 65.7 Å². The van der Waals surface area contributed by atoms with Crippen molar-refractivity contribution in [1.29, 1.82) is 0 Å². The van der Waals surface area contributed by atoms with Gasteiger partial charge in [-0.1, -0.05) is 0 Å². The molecule has 0 aliphatic carbocycles. The quantitative estimate of drug-likeness (QED) is 0.237. The first kappa shape index (κ1) is 21.2. The van der Waals surface area contributed by atoms with Crippen molar-refractivity contribution in [1.82, 2.24) is 9.80 Å². The number of nitrogens with zero attached hydrogens (tertiary/aromatic N) is 3. The zero-order valence-corrected chi connectivity index (χ0v) is 19.3. The molecule has 1 aliphatic rings. The van der Waals surface area contributed by atoms with E-state index in [0.29, 0.717) is 0 Å². The Balaban J connectivity index is 1.74. The monoisotopic (exact) mass is 499 g/mol. The van der Waals surface area contributed by atoms with Crippen molar-refractivity contribution in [3.8, 4) is 0 Å². The number of carbonyl (C=O) groups is 2. The Labute approximate surface area is 190 Å². The van der Waals surface area contributed by atoms with E-state index < -0.39 is 11.8 Å². The molecular formula is C23H18FN3O2SSe. The average molecular weight is 498 g/mol. The summed E-state index contributed by atoms with van der Waals surface area (Å²) in [6.45, 7) is 0. The van der Waals surface area contributed by atoms with Gasteiger partial charge in [-0.15, -0.1) is 0 Å². The maximum atomic E-state index is 13.5. The fourth-order valence-corrected chi connectivity index (χ4v) is 5.48. The van der Waals surface area contributed by atoms with E-state index >= 15 is 0 Å². The summed E-state index contributed by atoms with van der Waals surface area (Å²) in [5.41, 5.74) is 1.87. The van der Waals surface area contributed by atoms with E-state index in [1.807, 2.05) is 42.5 Å². The molecule has 5 nitrogen and oxygen atoms in total. The first-order valence-electron chi connectivity index (χ1n) is 9.39. The number of thiocarbonyl (C=S) groups is 1. The standard InChI is InChI=1S/C23H18FN3O2SSe/c1-25-21(28)19(22(29)26(2)23(25)30)14-18-12-13-20(31-18)27(16-6-4-3-5-7-16)17-10-8-15(24)9-11-17/h3-14H,1-2H3. The van der Waals surface area contributed by atoms with Gasteiger partial charge in [0, 0.05) is 0 Å². The van der Waals surface area contributed by atoms with Crippen LogP contribution in [0.25, 0.3) is 6.08 Å². The third kappa shape index (κ3) is 4.10. The molecule has 4 rings (SSSR count). The van der Waals surface area contributed by atoms with Gasteiger partial charge >= 0.3 is 191 Å². The molecule has 1 saturated heterocycles. The number of benzene rings is 2. The summed E-state index contributed by atoms with van der Waals surface area (Å²) in [4.78, 5) is 29.9. The molecule has 1 aliphatic heterocycles. The van der Waals surface area contributed by atoms with Gasteiger partial charge in [0.25, 0.3) is 0 Å². The van der Waals surface area contributed by atoms with Gasteiger partial charge in [0.15, 0.2) is 0 Å². The molecule has 2 heterocycles. The van der Waals surface area contributed by atoms with E-state index in [2.05, 4.69) is 4.90 Å². The van der Waals surface area contributed by atoms with E-state index in [1.54, 1.807) is 32.3 Å². The molecule has 0 bridgehead atoms. The van der Waals surface area contributed by atoms with E-state index in [1.165, 1.54) is 21.9 Å². The zero-order chi connectivity index (χ0) is 22.1. The molecule has 0 N–H and O–H groups in total. The second kappa shape index (κ2) is 8.59. The number of para-hydroxylation sites is 1. The van der Waals surface area contributed by atoms with Gasteiger partial charge in [0.05, 0.1) is 0 Å². The average Bonchev–Trinajstić information content (AvgIpc) is 3.24. The summed E-state index contributed by atoms with van der Waals surface area (Å²) >= 11 is 4.97. The minimum absolute atomic E-state index is 0.0921. The van der Waals surface area contributed by atoms with Gasteiger partial charge in [-0.25, -0.2) is 0 Å². The molecule has 1 fully saturated rings. The molecule has 31 heavy (non-hydrogen) atoms. The van der Waals surface area contributed by atoms with Crippen LogP contribution < -0.4 is 4.90 Å². The molecule has 8 heteroatoms. The summed E-state index contributed by atoms with van der Waals surface area (Å²) < 4.78 is 15.4. The van der Waals surface area contributed by atoms with Crippen LogP contribution in [0.5, 0.6) is 0 Å². The number of anilines is 3. The van der Waals surface area contributed by atoms with Gasteiger partial charge in [-0.2, -0.15) is 0 Å². The number of halogens is 1. The third-order valence-electron chi connectivity index (χ3n) is 4.86. The Morgan fingerprint density at radius 1 is 0.871 bits per heavy atom. The van der Waals surface area contributed by atoms with Gasteiger partial charge in [0.1, 0.15) is 0 Å². The Hall–Kier alpha value is -3.06. The fraction of sp³-hybridized carbons (Fsp3) is 0.0870. The van der Waals surface area contributed by atoms with Crippen LogP contribution in [0.15, 0.2) is 72.3 Å². The Kier molecular flexibility index (Phi) is 5.87. The van der Waals surface area contributed by atoms with Crippen molar-refractivity contribution < 1.29 is 14.0 Å². The van der Waals surface area contributed by atoms with Crippen molar-refractivity contribution in [3.05, 3.63) is 82.6 Å². The van der Waals surface area contributed by atoms with Crippen molar-refractivity contribution in [3.63, 3.8) is 0 Å². The summed E-state index contributed by atoms with van der Waals surface area (Å²) in [5, 5.41) is 0.184. The number of hydrogen-bond acceptors (Lipinski definition) is 4. The molecule has 0 saturated carbocycles. The van der Waals surface area contributed by atoms with Crippen LogP contribution >= 0.6 is 12.2 Å². The molecular weight excluding hydrogens is 480 g/mol. The maximum absolute atomic E-state index is 13.5. The predicted octanol–water partition coefficient (Wildman–Crippen LogP) is 3.95. The van der Waals surface area contributed by atoms with Crippen molar-refractivity contribution in [2.45, 2.75) is 0 Å². The Morgan fingerprint density at radius 2 is 1.45 bits per heavy atom. The summed E-state index contributed by atoms with van der Waals surface area (Å²) in [6.07, 6.45) is 1.65. The molecule has 156 valence electrons. The second-order valence-corrected chi connectivity index (χ2v) is 9.55. The molecule has 3 aromatic rings. The van der Waals surface area contributed by atoms with Crippen molar-refractivity contribution in [2.24, 2.45) is 0 Å². The Morgan fingerprint density at radius 3 is 2.06 bits per heavy atom. The van der Waals surface area contributed by atoms with Gasteiger partial charge in [-0.05, 0) is 0 Å². The zero-order valence-electron chi connectivity index (χ0n) is 16.8. The fourth-order valence-electron chi connectivity index (χ4n) is 3.23. The minimum atomic E-state index is -0.406. The van der Waals surface area contributed by atoms with Crippen LogP contribution in [0.1, 0.15) is 4.44 Å². The van der Waals surface area contributed by atoms with E-state index in [4.69, 9.17) is 12.2 Å². The van der Waals surface area contributed by atoms with Crippen LogP contribution in [0.2, 0.25) is 0 Å². The number of hydrogen-bond donors (Lipinski definition) is 0. The van der Waals surface area contributed by atoms with Gasteiger partial charge in [-0.3, -0.25) is 0 Å². The Bertz CT molecular complexity index is 1170. The number of rotatable bonds is 4. The molecule has 0 radical (unpaired) electrons. The van der Waals surface area contributed by atoms with Crippen LogP contribution in [-0.4, -0.2) is 55.3 Å². The van der Waals surface area contributed by atoms with Crippen LogP contribution in [-0.2, 0) is 9.59 Å². The molecule has 2 amide bonds. The molecule has 0 atom stereocenters. The molecule has 1 aromatic heterocycles. The first-order chi connectivity index (χ1) is 14.9. The number of carbonyl (C=O) groups excluding carboxylic acids is 2. The number of likely N-dealkylation sites (N-methyl/N-ethyl adjacent to an activating group) is 2. The van der Waals surface area contributed by atoms with Crippen LogP contribution in [0.4, 0.5) is 20.3 Å². The summed E-state index contributed by atoms with van der Waals surface area (Å²) in [7, 11) is 3.12. The molecule has 2 aromatic carbocycles. The molecule has 0 unspecified atom stereocenters. The van der Waals surface area contributed by atoms with Gasteiger partial charge < -0.3 is 0 Å². The van der Waals surface area contributed by atoms with Crippen LogP contribution in [0.3, 0.4) is 0 Å². The predicted molar refractivity (Wildman–Crippen MR) is 124 cm³/mol. The van der Waals surface area contributed by atoms with Crippen LogP contribution in [0, 0.1) is 5.82 Å².